The first-order chi connectivity index (χ1) is 6.65. The summed E-state index contributed by atoms with van der Waals surface area (Å²) >= 11 is 0. The van der Waals surface area contributed by atoms with Crippen LogP contribution in [0, 0.1) is 5.92 Å². The number of halogens is 1. The standard InChI is InChI=1S/C13H27N.BrH/c1-6-12(4)10-9-11-13(5)14(7-2)8-3;/h9-10,12-13H,6-8,11H2,1-5H3;1H. The van der Waals surface area contributed by atoms with Gasteiger partial charge in [0.25, 0.3) is 0 Å². The maximum Gasteiger partial charge on any atom is 0.0101 e. The van der Waals surface area contributed by atoms with Crippen LogP contribution in [0.3, 0.4) is 0 Å². The molecule has 2 heteroatoms. The summed E-state index contributed by atoms with van der Waals surface area (Å²) in [7, 11) is 0. The fraction of sp³-hybridized carbons (Fsp3) is 0.846. The molecular formula is C13H28BrN. The Balaban J connectivity index is 0. The molecule has 0 aliphatic heterocycles. The van der Waals surface area contributed by atoms with E-state index >= 15 is 0 Å². The van der Waals surface area contributed by atoms with Crippen molar-refractivity contribution in [2.45, 2.75) is 53.5 Å². The van der Waals surface area contributed by atoms with Crippen LogP contribution in [0.25, 0.3) is 0 Å². The number of rotatable bonds is 7. The molecule has 0 radical (unpaired) electrons. The molecular weight excluding hydrogens is 250 g/mol. The van der Waals surface area contributed by atoms with Gasteiger partial charge >= 0.3 is 0 Å². The highest BCUT2D eigenvalue weighted by molar-refractivity contribution is 8.93. The summed E-state index contributed by atoms with van der Waals surface area (Å²) in [6, 6.07) is 0.685. The maximum absolute atomic E-state index is 2.50. The van der Waals surface area contributed by atoms with E-state index in [2.05, 4.69) is 51.7 Å². The van der Waals surface area contributed by atoms with Gasteiger partial charge in [-0.15, -0.1) is 17.0 Å². The molecule has 0 saturated carbocycles. The Hall–Kier alpha value is 0.180. The first-order valence-electron chi connectivity index (χ1n) is 6.06. The second-order valence-corrected chi connectivity index (χ2v) is 4.12. The molecule has 0 bridgehead atoms. The fourth-order valence-corrected chi connectivity index (χ4v) is 1.64. The Bertz CT molecular complexity index is 153. The molecule has 0 rings (SSSR count). The van der Waals surface area contributed by atoms with E-state index in [0.717, 1.165) is 19.0 Å². The summed E-state index contributed by atoms with van der Waals surface area (Å²) in [5.41, 5.74) is 0. The summed E-state index contributed by atoms with van der Waals surface area (Å²) in [6.07, 6.45) is 7.12. The summed E-state index contributed by atoms with van der Waals surface area (Å²) in [4.78, 5) is 2.50. The highest BCUT2D eigenvalue weighted by Gasteiger charge is 2.07. The van der Waals surface area contributed by atoms with E-state index in [4.69, 9.17) is 0 Å². The van der Waals surface area contributed by atoms with Crippen LogP contribution in [-0.4, -0.2) is 24.0 Å². The molecule has 0 N–H and O–H groups in total. The van der Waals surface area contributed by atoms with E-state index in [1.165, 1.54) is 12.8 Å². The number of hydrogen-bond donors (Lipinski definition) is 0. The minimum Gasteiger partial charge on any atom is -0.301 e. The monoisotopic (exact) mass is 277 g/mol. The lowest BCUT2D eigenvalue weighted by Gasteiger charge is -2.25. The first kappa shape index (κ1) is 17.6. The van der Waals surface area contributed by atoms with Gasteiger partial charge < -0.3 is 4.90 Å². The summed E-state index contributed by atoms with van der Waals surface area (Å²) in [6.45, 7) is 13.6. The third-order valence-electron chi connectivity index (χ3n) is 3.02. The van der Waals surface area contributed by atoms with Crippen molar-refractivity contribution >= 4 is 17.0 Å². The molecule has 0 amide bonds. The number of allylic oxidation sites excluding steroid dienone is 1. The van der Waals surface area contributed by atoms with E-state index in [1.54, 1.807) is 0 Å². The van der Waals surface area contributed by atoms with Crippen molar-refractivity contribution in [2.75, 3.05) is 13.1 Å². The Labute approximate surface area is 107 Å². The lowest BCUT2D eigenvalue weighted by atomic mass is 10.1. The van der Waals surface area contributed by atoms with Gasteiger partial charge in [-0.05, 0) is 32.4 Å². The second-order valence-electron chi connectivity index (χ2n) is 4.12. The molecule has 2 atom stereocenters. The average Bonchev–Trinajstić information content (AvgIpc) is 2.19. The van der Waals surface area contributed by atoms with Crippen LogP contribution in [0.15, 0.2) is 12.2 Å². The van der Waals surface area contributed by atoms with E-state index in [-0.39, 0.29) is 17.0 Å². The summed E-state index contributed by atoms with van der Waals surface area (Å²) < 4.78 is 0. The third-order valence-corrected chi connectivity index (χ3v) is 3.02. The van der Waals surface area contributed by atoms with Gasteiger partial charge in [0.15, 0.2) is 0 Å². The number of hydrogen-bond acceptors (Lipinski definition) is 1. The van der Waals surface area contributed by atoms with Gasteiger partial charge in [0.05, 0.1) is 0 Å². The molecule has 0 aliphatic rings. The zero-order valence-electron chi connectivity index (χ0n) is 11.0. The second kappa shape index (κ2) is 10.7. The molecule has 0 aromatic carbocycles. The van der Waals surface area contributed by atoms with Gasteiger partial charge in [0.2, 0.25) is 0 Å². The molecule has 92 valence electrons. The van der Waals surface area contributed by atoms with Crippen LogP contribution >= 0.6 is 17.0 Å². The maximum atomic E-state index is 2.50. The van der Waals surface area contributed by atoms with Crippen LogP contribution in [0.5, 0.6) is 0 Å². The Morgan fingerprint density at radius 2 is 1.60 bits per heavy atom. The highest BCUT2D eigenvalue weighted by Crippen LogP contribution is 2.07. The van der Waals surface area contributed by atoms with Gasteiger partial charge in [-0.3, -0.25) is 0 Å². The zero-order valence-corrected chi connectivity index (χ0v) is 12.7. The molecule has 0 aromatic rings. The molecule has 0 saturated heterocycles. The first-order valence-corrected chi connectivity index (χ1v) is 6.06. The normalized spacial score (nSPS) is 15.3. The Morgan fingerprint density at radius 1 is 1.07 bits per heavy atom. The van der Waals surface area contributed by atoms with Crippen molar-refractivity contribution in [1.29, 1.82) is 0 Å². The van der Waals surface area contributed by atoms with Gasteiger partial charge in [0.1, 0.15) is 0 Å². The summed E-state index contributed by atoms with van der Waals surface area (Å²) in [5.74, 6) is 0.735. The highest BCUT2D eigenvalue weighted by atomic mass is 79.9. The predicted molar refractivity (Wildman–Crippen MR) is 75.9 cm³/mol. The van der Waals surface area contributed by atoms with E-state index in [1.807, 2.05) is 0 Å². The smallest absolute Gasteiger partial charge is 0.0101 e. The van der Waals surface area contributed by atoms with Crippen LogP contribution < -0.4 is 0 Å². The molecule has 0 fully saturated rings. The fourth-order valence-electron chi connectivity index (χ4n) is 1.64. The Kier molecular flexibility index (Phi) is 12.5. The molecule has 0 aliphatic carbocycles. The Morgan fingerprint density at radius 3 is 2.00 bits per heavy atom. The van der Waals surface area contributed by atoms with Crippen molar-refractivity contribution in [1.82, 2.24) is 4.90 Å². The van der Waals surface area contributed by atoms with E-state index < -0.39 is 0 Å². The topological polar surface area (TPSA) is 3.24 Å². The lowest BCUT2D eigenvalue weighted by molar-refractivity contribution is 0.232. The van der Waals surface area contributed by atoms with Crippen LogP contribution in [0.1, 0.15) is 47.5 Å². The van der Waals surface area contributed by atoms with Gasteiger partial charge in [-0.25, -0.2) is 0 Å². The quantitative estimate of drug-likeness (QED) is 0.628. The number of nitrogens with zero attached hydrogens (tertiary/aromatic N) is 1. The molecule has 0 heterocycles. The SMILES string of the molecule is Br.CCC(C)C=CCC(C)N(CC)CC. The van der Waals surface area contributed by atoms with Crippen molar-refractivity contribution in [3.05, 3.63) is 12.2 Å². The van der Waals surface area contributed by atoms with Gasteiger partial charge in [0, 0.05) is 6.04 Å². The largest absolute Gasteiger partial charge is 0.301 e. The zero-order chi connectivity index (χ0) is 11.0. The van der Waals surface area contributed by atoms with E-state index in [9.17, 15) is 0 Å². The van der Waals surface area contributed by atoms with Crippen LogP contribution in [-0.2, 0) is 0 Å². The molecule has 0 aromatic heterocycles. The minimum atomic E-state index is 0. The van der Waals surface area contributed by atoms with Crippen molar-refractivity contribution in [3.63, 3.8) is 0 Å². The van der Waals surface area contributed by atoms with Crippen molar-refractivity contribution < 1.29 is 0 Å². The van der Waals surface area contributed by atoms with Crippen LogP contribution in [0.2, 0.25) is 0 Å². The van der Waals surface area contributed by atoms with Crippen molar-refractivity contribution in [3.8, 4) is 0 Å². The molecule has 2 unspecified atom stereocenters. The molecule has 1 nitrogen and oxygen atoms in total. The molecule has 0 spiro atoms. The van der Waals surface area contributed by atoms with E-state index in [0.29, 0.717) is 6.04 Å². The van der Waals surface area contributed by atoms with Crippen LogP contribution in [0.4, 0.5) is 0 Å². The summed E-state index contributed by atoms with van der Waals surface area (Å²) in [5, 5.41) is 0. The predicted octanol–water partition coefficient (Wildman–Crippen LogP) is 4.29. The average molecular weight is 278 g/mol. The molecule has 15 heavy (non-hydrogen) atoms. The third kappa shape index (κ3) is 8.04. The minimum absolute atomic E-state index is 0. The van der Waals surface area contributed by atoms with Crippen molar-refractivity contribution in [2.24, 2.45) is 5.92 Å². The lowest BCUT2D eigenvalue weighted by Crippen LogP contribution is -2.32. The van der Waals surface area contributed by atoms with Gasteiger partial charge in [-0.1, -0.05) is 46.3 Å². The van der Waals surface area contributed by atoms with Gasteiger partial charge in [-0.2, -0.15) is 0 Å².